The van der Waals surface area contributed by atoms with Crippen molar-refractivity contribution in [3.05, 3.63) is 81.8 Å². The van der Waals surface area contributed by atoms with E-state index in [4.69, 9.17) is 22.1 Å². The highest BCUT2D eigenvalue weighted by Crippen LogP contribution is 2.50. The molecule has 41 heavy (non-hydrogen) atoms. The third-order valence-electron chi connectivity index (χ3n) is 6.89. The van der Waals surface area contributed by atoms with Crippen LogP contribution in [0.15, 0.2) is 75.5 Å². The van der Waals surface area contributed by atoms with E-state index in [1.807, 2.05) is 26.0 Å². The van der Waals surface area contributed by atoms with Crippen molar-refractivity contribution in [1.29, 1.82) is 5.26 Å². The maximum atomic E-state index is 13.7. The lowest BCUT2D eigenvalue weighted by Gasteiger charge is -2.42. The van der Waals surface area contributed by atoms with Crippen molar-refractivity contribution in [2.45, 2.75) is 36.9 Å². The van der Waals surface area contributed by atoms with E-state index >= 15 is 0 Å². The number of anilines is 2. The predicted molar refractivity (Wildman–Crippen MR) is 161 cm³/mol. The summed E-state index contributed by atoms with van der Waals surface area (Å²) in [7, 11) is 1.58. The highest BCUT2D eigenvalue weighted by molar-refractivity contribution is 8.01. The minimum Gasteiger partial charge on any atom is -0.497 e. The van der Waals surface area contributed by atoms with Gasteiger partial charge in [-0.2, -0.15) is 5.26 Å². The first kappa shape index (κ1) is 28.7. The van der Waals surface area contributed by atoms with Crippen LogP contribution in [0.25, 0.3) is 0 Å². The molecule has 2 aromatic carbocycles. The summed E-state index contributed by atoms with van der Waals surface area (Å²) in [6.07, 6.45) is 0.908. The van der Waals surface area contributed by atoms with Gasteiger partial charge < -0.3 is 15.8 Å². The van der Waals surface area contributed by atoms with Crippen molar-refractivity contribution in [3.8, 4) is 11.8 Å². The van der Waals surface area contributed by atoms with Gasteiger partial charge in [-0.25, -0.2) is 0 Å². The third kappa shape index (κ3) is 5.81. The predicted octanol–water partition coefficient (Wildman–Crippen LogP) is 5.87. The van der Waals surface area contributed by atoms with Gasteiger partial charge in [-0.05, 0) is 41.7 Å². The number of carbonyl (C=O) groups excluding carboxylic acids is 2. The summed E-state index contributed by atoms with van der Waals surface area (Å²) in [5, 5.41) is 22.5. The summed E-state index contributed by atoms with van der Waals surface area (Å²) in [6, 6.07) is 16.6. The van der Waals surface area contributed by atoms with E-state index in [-0.39, 0.29) is 34.3 Å². The molecule has 0 fully saturated rings. The highest BCUT2D eigenvalue weighted by Gasteiger charge is 2.45. The van der Waals surface area contributed by atoms with Gasteiger partial charge in [-0.1, -0.05) is 72.8 Å². The lowest BCUT2D eigenvalue weighted by molar-refractivity contribution is -0.118. The van der Waals surface area contributed by atoms with Gasteiger partial charge in [0.1, 0.15) is 11.6 Å². The number of amides is 1. The Morgan fingerprint density at radius 3 is 2.66 bits per heavy atom. The van der Waals surface area contributed by atoms with Crippen LogP contribution in [-0.4, -0.2) is 34.8 Å². The van der Waals surface area contributed by atoms with E-state index in [0.717, 1.165) is 5.56 Å². The number of ketones is 1. The molecular formula is C29H27ClN6O3S2. The van der Waals surface area contributed by atoms with Gasteiger partial charge >= 0.3 is 0 Å². The lowest BCUT2D eigenvalue weighted by Crippen LogP contribution is -2.42. The molecule has 1 aromatic heterocycles. The fourth-order valence-corrected chi connectivity index (χ4v) is 6.95. The molecule has 0 saturated heterocycles. The summed E-state index contributed by atoms with van der Waals surface area (Å²) >= 11 is 8.61. The fourth-order valence-electron chi connectivity index (χ4n) is 5.08. The Bertz CT molecular complexity index is 1620. The fraction of sp³-hybridized carbons (Fsp3) is 0.276. The number of carbonyl (C=O) groups is 2. The molecule has 0 saturated carbocycles. The Morgan fingerprint density at radius 1 is 1.24 bits per heavy atom. The van der Waals surface area contributed by atoms with Gasteiger partial charge in [-0.3, -0.25) is 14.5 Å². The Kier molecular flexibility index (Phi) is 8.09. The summed E-state index contributed by atoms with van der Waals surface area (Å²) < 4.78 is 5.84. The van der Waals surface area contributed by atoms with Gasteiger partial charge in [0, 0.05) is 17.7 Å². The average Bonchev–Trinajstić information content (AvgIpc) is 3.40. The van der Waals surface area contributed by atoms with Crippen LogP contribution in [0, 0.1) is 16.7 Å². The van der Waals surface area contributed by atoms with E-state index in [9.17, 15) is 14.9 Å². The molecule has 2 heterocycles. The number of thioether (sulfide) groups is 1. The number of hydrogen-bond acceptors (Lipinski definition) is 10. The standard InChI is InChI=1S/C29H27ClN6O3S2/c1-29(2)12-21-25(22(37)13-29)24(16-8-10-17(39-3)11-9-16)18(14-31)26(32)36(21)27-34-35-28(41-27)40-15-23(38)33-20-7-5-4-6-19(20)30/h4-11,24H,12-13,15,32H2,1-3H3,(H,33,38). The normalized spacial score (nSPS) is 18.2. The average molecular weight is 607 g/mol. The second-order valence-corrected chi connectivity index (χ2v) is 13.0. The van der Waals surface area contributed by atoms with Crippen molar-refractivity contribution in [2.75, 3.05) is 23.1 Å². The number of allylic oxidation sites excluding steroid dienone is 3. The molecule has 0 bridgehead atoms. The van der Waals surface area contributed by atoms with E-state index in [2.05, 4.69) is 21.6 Å². The first-order chi connectivity index (χ1) is 19.6. The van der Waals surface area contributed by atoms with Gasteiger partial charge in [0.15, 0.2) is 10.1 Å². The molecule has 1 aliphatic heterocycles. The summed E-state index contributed by atoms with van der Waals surface area (Å²) in [5.41, 5.74) is 9.21. The molecule has 1 unspecified atom stereocenters. The molecule has 0 spiro atoms. The second-order valence-electron chi connectivity index (χ2n) is 10.4. The van der Waals surface area contributed by atoms with Crippen molar-refractivity contribution in [2.24, 2.45) is 11.1 Å². The monoisotopic (exact) mass is 606 g/mol. The number of aromatic nitrogens is 2. The zero-order valence-corrected chi connectivity index (χ0v) is 25.0. The van der Waals surface area contributed by atoms with E-state index in [1.165, 1.54) is 23.1 Å². The maximum absolute atomic E-state index is 13.7. The molecule has 3 N–H and O–H groups in total. The first-order valence-electron chi connectivity index (χ1n) is 12.7. The SMILES string of the molecule is COc1ccc(C2C(C#N)=C(N)N(c3nnc(SCC(=O)Nc4ccccc4Cl)s3)C3=C2C(=O)CC(C)(C)C3)cc1. The number of nitrogens with one attached hydrogen (secondary N) is 1. The van der Waals surface area contributed by atoms with Crippen LogP contribution >= 0.6 is 34.7 Å². The largest absolute Gasteiger partial charge is 0.497 e. The molecule has 0 radical (unpaired) electrons. The molecule has 2 aliphatic rings. The summed E-state index contributed by atoms with van der Waals surface area (Å²) in [5.74, 6) is 0.103. The topological polar surface area (TPSA) is 134 Å². The molecule has 1 aliphatic carbocycles. The second kappa shape index (κ2) is 11.6. The molecule has 12 heteroatoms. The molecule has 210 valence electrons. The summed E-state index contributed by atoms with van der Waals surface area (Å²) in [6.45, 7) is 4.07. The Labute approximate surface area is 251 Å². The number of Topliss-reactive ketones (excluding diaryl/α,β-unsaturated/α-hetero) is 1. The number of nitrogens with two attached hydrogens (primary N) is 1. The van der Waals surface area contributed by atoms with Gasteiger partial charge in [-0.15, -0.1) is 10.2 Å². The number of methoxy groups -OCH3 is 1. The van der Waals surface area contributed by atoms with E-state index in [1.54, 1.807) is 48.4 Å². The minimum atomic E-state index is -0.601. The van der Waals surface area contributed by atoms with Crippen LogP contribution in [0.5, 0.6) is 5.75 Å². The van der Waals surface area contributed by atoms with Gasteiger partial charge in [0.05, 0.1) is 41.1 Å². The quantitative estimate of drug-likeness (QED) is 0.316. The number of benzene rings is 2. The molecule has 3 aromatic rings. The van der Waals surface area contributed by atoms with Crippen molar-refractivity contribution in [1.82, 2.24) is 10.2 Å². The van der Waals surface area contributed by atoms with Crippen molar-refractivity contribution < 1.29 is 14.3 Å². The number of hydrogen-bond donors (Lipinski definition) is 2. The zero-order chi connectivity index (χ0) is 29.3. The number of halogens is 1. The van der Waals surface area contributed by atoms with Crippen LogP contribution < -0.4 is 20.7 Å². The number of nitrogens with zero attached hydrogens (tertiary/aromatic N) is 4. The van der Waals surface area contributed by atoms with Crippen LogP contribution in [0.2, 0.25) is 5.02 Å². The number of ether oxygens (including phenoxy) is 1. The number of rotatable bonds is 7. The Balaban J connectivity index is 1.47. The smallest absolute Gasteiger partial charge is 0.234 e. The first-order valence-corrected chi connectivity index (χ1v) is 14.9. The van der Waals surface area contributed by atoms with E-state index in [0.29, 0.717) is 50.0 Å². The van der Waals surface area contributed by atoms with Crippen molar-refractivity contribution >= 4 is 57.2 Å². The van der Waals surface area contributed by atoms with E-state index < -0.39 is 5.92 Å². The molecule has 5 rings (SSSR count). The summed E-state index contributed by atoms with van der Waals surface area (Å²) in [4.78, 5) is 27.9. The maximum Gasteiger partial charge on any atom is 0.234 e. The van der Waals surface area contributed by atoms with Crippen LogP contribution in [0.3, 0.4) is 0 Å². The number of nitriles is 1. The van der Waals surface area contributed by atoms with Crippen LogP contribution in [-0.2, 0) is 9.59 Å². The van der Waals surface area contributed by atoms with Crippen LogP contribution in [0.1, 0.15) is 38.2 Å². The van der Waals surface area contributed by atoms with Crippen LogP contribution in [0.4, 0.5) is 10.8 Å². The highest BCUT2D eigenvalue weighted by atomic mass is 35.5. The van der Waals surface area contributed by atoms with Gasteiger partial charge in [0.25, 0.3) is 0 Å². The molecule has 1 amide bonds. The number of para-hydroxylation sites is 1. The van der Waals surface area contributed by atoms with Gasteiger partial charge in [0.2, 0.25) is 11.0 Å². The Morgan fingerprint density at radius 2 is 1.98 bits per heavy atom. The molecular weight excluding hydrogens is 580 g/mol. The minimum absolute atomic E-state index is 0.0299. The Hall–Kier alpha value is -3.85. The molecule has 9 nitrogen and oxygen atoms in total. The molecule has 1 atom stereocenters. The zero-order valence-electron chi connectivity index (χ0n) is 22.6. The third-order valence-corrected chi connectivity index (χ3v) is 9.26. The lowest BCUT2D eigenvalue weighted by atomic mass is 9.68. The van der Waals surface area contributed by atoms with Crippen molar-refractivity contribution in [3.63, 3.8) is 0 Å².